The summed E-state index contributed by atoms with van der Waals surface area (Å²) in [6.07, 6.45) is 1.51. The lowest BCUT2D eigenvalue weighted by Gasteiger charge is -2.09. The third-order valence-corrected chi connectivity index (χ3v) is 2.72. The number of anilines is 1. The number of ether oxygens (including phenoxy) is 1. The number of nitrogens with zero attached hydrogens (tertiary/aromatic N) is 2. The Bertz CT molecular complexity index is 505. The Kier molecular flexibility index (Phi) is 3.93. The number of rotatable bonds is 4. The third kappa shape index (κ3) is 3.17. The van der Waals surface area contributed by atoms with Crippen molar-refractivity contribution in [3.05, 3.63) is 46.8 Å². The molecule has 0 amide bonds. The van der Waals surface area contributed by atoms with Gasteiger partial charge in [-0.15, -0.1) is 0 Å². The number of methoxy groups -OCH3 is 1. The molecule has 1 heterocycles. The number of hydrogen-bond donors (Lipinski definition) is 1. The van der Waals surface area contributed by atoms with Crippen LogP contribution in [0.15, 0.2) is 41.3 Å². The lowest BCUT2D eigenvalue weighted by Crippen LogP contribution is -2.03. The summed E-state index contributed by atoms with van der Waals surface area (Å²) in [7, 11) is 1.67. The van der Waals surface area contributed by atoms with Crippen molar-refractivity contribution in [1.82, 2.24) is 9.97 Å². The predicted octanol–water partition coefficient (Wildman–Crippen LogP) is 2.86. The summed E-state index contributed by atoms with van der Waals surface area (Å²) < 4.78 is 6.03. The Morgan fingerprint density at radius 3 is 2.88 bits per heavy atom. The van der Waals surface area contributed by atoms with Gasteiger partial charge in [-0.1, -0.05) is 18.2 Å². The van der Waals surface area contributed by atoms with Crippen LogP contribution in [-0.2, 0) is 6.54 Å². The van der Waals surface area contributed by atoms with E-state index in [1.54, 1.807) is 7.11 Å². The molecule has 4 nitrogen and oxygen atoms in total. The Labute approximate surface area is 108 Å². The van der Waals surface area contributed by atoms with E-state index in [0.717, 1.165) is 21.7 Å². The first-order chi connectivity index (χ1) is 8.29. The monoisotopic (exact) mass is 293 g/mol. The first-order valence-corrected chi connectivity index (χ1v) is 5.92. The predicted molar refractivity (Wildman–Crippen MR) is 70.1 cm³/mol. The molecule has 1 aromatic heterocycles. The van der Waals surface area contributed by atoms with Gasteiger partial charge in [-0.3, -0.25) is 0 Å². The molecule has 0 aliphatic carbocycles. The highest BCUT2D eigenvalue weighted by Gasteiger charge is 2.02. The van der Waals surface area contributed by atoms with Gasteiger partial charge in [0.05, 0.1) is 7.11 Å². The van der Waals surface area contributed by atoms with Crippen LogP contribution in [0, 0.1) is 0 Å². The number of hydrogen-bond acceptors (Lipinski definition) is 4. The fraction of sp³-hybridized carbons (Fsp3) is 0.167. The number of benzene rings is 1. The fourth-order valence-electron chi connectivity index (χ4n) is 1.47. The van der Waals surface area contributed by atoms with Gasteiger partial charge in [0.2, 0.25) is 0 Å². The van der Waals surface area contributed by atoms with E-state index in [1.165, 1.54) is 6.33 Å². The average Bonchev–Trinajstić information content (AvgIpc) is 2.37. The molecule has 1 N–H and O–H groups in total. The standard InChI is InChI=1S/C12H12BrN3O/c1-17-10-5-3-2-4-9(10)7-14-12-6-11(13)15-8-16-12/h2-6,8H,7H2,1H3,(H,14,15,16). The molecule has 0 saturated heterocycles. The maximum atomic E-state index is 5.28. The van der Waals surface area contributed by atoms with Crippen molar-refractivity contribution < 1.29 is 4.74 Å². The van der Waals surface area contributed by atoms with Crippen molar-refractivity contribution in [3.63, 3.8) is 0 Å². The van der Waals surface area contributed by atoms with Gasteiger partial charge in [0.15, 0.2) is 0 Å². The Morgan fingerprint density at radius 1 is 1.29 bits per heavy atom. The highest BCUT2D eigenvalue weighted by Crippen LogP contribution is 2.18. The first kappa shape index (κ1) is 11.9. The third-order valence-electron chi connectivity index (χ3n) is 2.29. The summed E-state index contributed by atoms with van der Waals surface area (Å²) in [5.41, 5.74) is 1.09. The van der Waals surface area contributed by atoms with Crippen molar-refractivity contribution in [2.75, 3.05) is 12.4 Å². The first-order valence-electron chi connectivity index (χ1n) is 5.13. The molecule has 0 atom stereocenters. The molecular formula is C12H12BrN3O. The van der Waals surface area contributed by atoms with E-state index in [1.807, 2.05) is 30.3 Å². The number of para-hydroxylation sites is 1. The van der Waals surface area contributed by atoms with E-state index in [0.29, 0.717) is 6.54 Å². The fourth-order valence-corrected chi connectivity index (χ4v) is 1.77. The molecule has 0 spiro atoms. The summed E-state index contributed by atoms with van der Waals surface area (Å²) in [6, 6.07) is 9.71. The van der Waals surface area contributed by atoms with E-state index >= 15 is 0 Å². The lowest BCUT2D eigenvalue weighted by molar-refractivity contribution is 0.410. The second-order valence-electron chi connectivity index (χ2n) is 3.39. The van der Waals surface area contributed by atoms with Gasteiger partial charge >= 0.3 is 0 Å². The van der Waals surface area contributed by atoms with Crippen molar-refractivity contribution in [3.8, 4) is 5.75 Å². The van der Waals surface area contributed by atoms with Crippen LogP contribution < -0.4 is 10.1 Å². The van der Waals surface area contributed by atoms with E-state index in [2.05, 4.69) is 31.2 Å². The van der Waals surface area contributed by atoms with Crippen LogP contribution in [0.2, 0.25) is 0 Å². The quantitative estimate of drug-likeness (QED) is 0.881. The van der Waals surface area contributed by atoms with Crippen LogP contribution in [0.25, 0.3) is 0 Å². The SMILES string of the molecule is COc1ccccc1CNc1cc(Br)ncn1. The molecule has 17 heavy (non-hydrogen) atoms. The summed E-state index contributed by atoms with van der Waals surface area (Å²) in [6.45, 7) is 0.660. The molecule has 1 aromatic carbocycles. The Morgan fingerprint density at radius 2 is 2.12 bits per heavy atom. The van der Waals surface area contributed by atoms with Crippen molar-refractivity contribution in [2.24, 2.45) is 0 Å². The van der Waals surface area contributed by atoms with Crippen LogP contribution in [0.1, 0.15) is 5.56 Å². The molecule has 2 rings (SSSR count). The minimum absolute atomic E-state index is 0.660. The summed E-state index contributed by atoms with van der Waals surface area (Å²) in [5.74, 6) is 1.64. The second-order valence-corrected chi connectivity index (χ2v) is 4.20. The van der Waals surface area contributed by atoms with Crippen molar-refractivity contribution in [2.45, 2.75) is 6.54 Å². The molecule has 0 aliphatic heterocycles. The Hall–Kier alpha value is -1.62. The average molecular weight is 294 g/mol. The molecule has 5 heteroatoms. The van der Waals surface area contributed by atoms with Crippen LogP contribution >= 0.6 is 15.9 Å². The summed E-state index contributed by atoms with van der Waals surface area (Å²) >= 11 is 3.30. The van der Waals surface area contributed by atoms with Gasteiger partial charge in [-0.2, -0.15) is 0 Å². The minimum Gasteiger partial charge on any atom is -0.496 e. The van der Waals surface area contributed by atoms with Gasteiger partial charge in [0, 0.05) is 18.2 Å². The molecule has 88 valence electrons. The minimum atomic E-state index is 0.660. The number of aromatic nitrogens is 2. The van der Waals surface area contributed by atoms with Crippen molar-refractivity contribution >= 4 is 21.7 Å². The molecule has 0 saturated carbocycles. The zero-order chi connectivity index (χ0) is 12.1. The van der Waals surface area contributed by atoms with Crippen LogP contribution in [0.3, 0.4) is 0 Å². The lowest BCUT2D eigenvalue weighted by atomic mass is 10.2. The van der Waals surface area contributed by atoms with Crippen molar-refractivity contribution in [1.29, 1.82) is 0 Å². The topological polar surface area (TPSA) is 47.0 Å². The number of halogens is 1. The molecule has 0 radical (unpaired) electrons. The number of nitrogens with one attached hydrogen (secondary N) is 1. The van der Waals surface area contributed by atoms with Crippen LogP contribution in [0.4, 0.5) is 5.82 Å². The van der Waals surface area contributed by atoms with Gasteiger partial charge in [0.25, 0.3) is 0 Å². The van der Waals surface area contributed by atoms with Crippen LogP contribution in [0.5, 0.6) is 5.75 Å². The zero-order valence-electron chi connectivity index (χ0n) is 9.35. The maximum absolute atomic E-state index is 5.28. The summed E-state index contributed by atoms with van der Waals surface area (Å²) in [5, 5.41) is 3.22. The van der Waals surface area contributed by atoms with Gasteiger partial charge < -0.3 is 10.1 Å². The molecule has 0 aliphatic rings. The Balaban J connectivity index is 2.07. The van der Waals surface area contributed by atoms with Crippen LogP contribution in [-0.4, -0.2) is 17.1 Å². The largest absolute Gasteiger partial charge is 0.496 e. The highest BCUT2D eigenvalue weighted by atomic mass is 79.9. The molecule has 0 fully saturated rings. The van der Waals surface area contributed by atoms with E-state index in [-0.39, 0.29) is 0 Å². The van der Waals surface area contributed by atoms with E-state index in [4.69, 9.17) is 4.74 Å². The van der Waals surface area contributed by atoms with E-state index in [9.17, 15) is 0 Å². The molecule has 0 bridgehead atoms. The van der Waals surface area contributed by atoms with Gasteiger partial charge in [-0.05, 0) is 22.0 Å². The smallest absolute Gasteiger partial charge is 0.130 e. The highest BCUT2D eigenvalue weighted by molar-refractivity contribution is 9.10. The normalized spacial score (nSPS) is 10.0. The molecule has 2 aromatic rings. The molecule has 0 unspecified atom stereocenters. The summed E-state index contributed by atoms with van der Waals surface area (Å²) in [4.78, 5) is 8.09. The van der Waals surface area contributed by atoms with Gasteiger partial charge in [-0.25, -0.2) is 9.97 Å². The second kappa shape index (κ2) is 5.63. The maximum Gasteiger partial charge on any atom is 0.130 e. The molecular weight excluding hydrogens is 282 g/mol. The van der Waals surface area contributed by atoms with E-state index < -0.39 is 0 Å². The zero-order valence-corrected chi connectivity index (χ0v) is 10.9. The van der Waals surface area contributed by atoms with Gasteiger partial charge in [0.1, 0.15) is 22.5 Å².